The molecule has 0 spiro atoms. The fraction of sp³-hybridized carbons (Fsp3) is 0.900. The molecule has 0 amide bonds. The zero-order chi connectivity index (χ0) is 11.8. The van der Waals surface area contributed by atoms with E-state index in [1.54, 1.807) is 0 Å². The molecule has 15 heavy (non-hydrogen) atoms. The molecule has 0 radical (unpaired) electrons. The fourth-order valence-electron chi connectivity index (χ4n) is 1.20. The van der Waals surface area contributed by atoms with E-state index >= 15 is 0 Å². The maximum Gasteiger partial charge on any atom is 0.156 e. The number of amidine groups is 1. The average Bonchev–Trinajstić information content (AvgIpc) is 2.22. The highest BCUT2D eigenvalue weighted by atomic mass is 16.4. The molecule has 0 aliphatic rings. The standard InChI is InChI=1S/C10H24N4O/c1-5-9(10(11)13-15)12-6-7-14(4)8(2)3/h8-9,12,15H,5-7H2,1-4H3,(H2,11,13). The van der Waals surface area contributed by atoms with Gasteiger partial charge in [-0.3, -0.25) is 0 Å². The number of hydrogen-bond donors (Lipinski definition) is 3. The van der Waals surface area contributed by atoms with Crippen LogP contribution >= 0.6 is 0 Å². The summed E-state index contributed by atoms with van der Waals surface area (Å²) in [6.45, 7) is 8.10. The van der Waals surface area contributed by atoms with E-state index in [2.05, 4.69) is 36.3 Å². The molecule has 5 heteroatoms. The first-order valence-corrected chi connectivity index (χ1v) is 5.43. The molecule has 0 saturated carbocycles. The van der Waals surface area contributed by atoms with E-state index < -0.39 is 0 Å². The minimum absolute atomic E-state index is 0.0319. The van der Waals surface area contributed by atoms with Crippen molar-refractivity contribution in [2.24, 2.45) is 10.9 Å². The third kappa shape index (κ3) is 5.59. The second kappa shape index (κ2) is 7.48. The number of oxime groups is 1. The van der Waals surface area contributed by atoms with Gasteiger partial charge in [0.25, 0.3) is 0 Å². The minimum atomic E-state index is -0.0319. The molecule has 0 fully saturated rings. The van der Waals surface area contributed by atoms with Crippen LogP contribution in [-0.2, 0) is 0 Å². The molecule has 0 aliphatic heterocycles. The van der Waals surface area contributed by atoms with Crippen LogP contribution in [-0.4, -0.2) is 48.2 Å². The maximum absolute atomic E-state index is 8.55. The Kier molecular flexibility index (Phi) is 7.07. The van der Waals surface area contributed by atoms with E-state index in [1.807, 2.05) is 6.92 Å². The van der Waals surface area contributed by atoms with Crippen molar-refractivity contribution >= 4 is 5.84 Å². The molecule has 0 aromatic rings. The van der Waals surface area contributed by atoms with Crippen LogP contribution in [0.1, 0.15) is 27.2 Å². The molecule has 5 nitrogen and oxygen atoms in total. The Balaban J connectivity index is 3.83. The molecule has 0 bridgehead atoms. The van der Waals surface area contributed by atoms with Gasteiger partial charge in [0, 0.05) is 19.1 Å². The third-order valence-electron chi connectivity index (χ3n) is 2.62. The molecule has 4 N–H and O–H groups in total. The van der Waals surface area contributed by atoms with Gasteiger partial charge in [0.15, 0.2) is 5.84 Å². The SMILES string of the molecule is CCC(NCCN(C)C(C)C)C(N)=NO. The van der Waals surface area contributed by atoms with Gasteiger partial charge in [0.05, 0.1) is 6.04 Å². The topological polar surface area (TPSA) is 73.9 Å². The summed E-state index contributed by atoms with van der Waals surface area (Å²) in [5.74, 6) is 0.254. The van der Waals surface area contributed by atoms with Gasteiger partial charge in [0.1, 0.15) is 0 Å². The fourth-order valence-corrected chi connectivity index (χ4v) is 1.20. The van der Waals surface area contributed by atoms with Crippen LogP contribution in [0.5, 0.6) is 0 Å². The minimum Gasteiger partial charge on any atom is -0.409 e. The van der Waals surface area contributed by atoms with Crippen molar-refractivity contribution in [3.8, 4) is 0 Å². The molecule has 0 rings (SSSR count). The van der Waals surface area contributed by atoms with E-state index in [0.717, 1.165) is 19.5 Å². The molecule has 0 saturated heterocycles. The predicted octanol–water partition coefficient (Wildman–Crippen LogP) is 0.441. The summed E-state index contributed by atoms with van der Waals surface area (Å²) in [4.78, 5) is 2.24. The van der Waals surface area contributed by atoms with E-state index in [9.17, 15) is 0 Å². The van der Waals surface area contributed by atoms with E-state index in [0.29, 0.717) is 6.04 Å². The molecule has 1 unspecified atom stereocenters. The molecule has 0 aromatic heterocycles. The molecular weight excluding hydrogens is 192 g/mol. The largest absolute Gasteiger partial charge is 0.409 e. The Hall–Kier alpha value is -0.810. The summed E-state index contributed by atoms with van der Waals surface area (Å²) in [5, 5.41) is 14.8. The Morgan fingerprint density at radius 1 is 1.53 bits per heavy atom. The predicted molar refractivity (Wildman–Crippen MR) is 63.3 cm³/mol. The first-order chi connectivity index (χ1) is 7.02. The van der Waals surface area contributed by atoms with Gasteiger partial charge < -0.3 is 21.2 Å². The highest BCUT2D eigenvalue weighted by Crippen LogP contribution is 1.93. The Bertz CT molecular complexity index is 194. The summed E-state index contributed by atoms with van der Waals surface area (Å²) in [6, 6.07) is 0.506. The molecule has 0 heterocycles. The summed E-state index contributed by atoms with van der Waals surface area (Å²) >= 11 is 0. The van der Waals surface area contributed by atoms with Crippen molar-refractivity contribution in [1.82, 2.24) is 10.2 Å². The van der Waals surface area contributed by atoms with Gasteiger partial charge in [-0.05, 0) is 27.3 Å². The summed E-state index contributed by atoms with van der Waals surface area (Å²) in [6.07, 6.45) is 0.821. The van der Waals surface area contributed by atoms with Crippen LogP contribution < -0.4 is 11.1 Å². The van der Waals surface area contributed by atoms with Crippen molar-refractivity contribution < 1.29 is 5.21 Å². The van der Waals surface area contributed by atoms with Gasteiger partial charge in [-0.25, -0.2) is 0 Å². The Labute approximate surface area is 92.3 Å². The average molecular weight is 216 g/mol. The number of nitrogens with one attached hydrogen (secondary N) is 1. The lowest BCUT2D eigenvalue weighted by Gasteiger charge is -2.22. The van der Waals surface area contributed by atoms with Crippen LogP contribution in [0.4, 0.5) is 0 Å². The first kappa shape index (κ1) is 14.2. The second-order valence-corrected chi connectivity index (χ2v) is 4.01. The van der Waals surface area contributed by atoms with Crippen molar-refractivity contribution in [2.45, 2.75) is 39.3 Å². The smallest absolute Gasteiger partial charge is 0.156 e. The number of hydrogen-bond acceptors (Lipinski definition) is 4. The zero-order valence-corrected chi connectivity index (χ0v) is 10.2. The van der Waals surface area contributed by atoms with E-state index in [-0.39, 0.29) is 11.9 Å². The summed E-state index contributed by atoms with van der Waals surface area (Å²) in [7, 11) is 2.08. The highest BCUT2D eigenvalue weighted by molar-refractivity contribution is 5.85. The van der Waals surface area contributed by atoms with E-state index in [4.69, 9.17) is 10.9 Å². The summed E-state index contributed by atoms with van der Waals surface area (Å²) in [5.41, 5.74) is 5.53. The number of likely N-dealkylation sites (N-methyl/N-ethyl adjacent to an activating group) is 1. The third-order valence-corrected chi connectivity index (χ3v) is 2.62. The second-order valence-electron chi connectivity index (χ2n) is 4.01. The molecule has 0 aliphatic carbocycles. The lowest BCUT2D eigenvalue weighted by Crippen LogP contribution is -2.44. The van der Waals surface area contributed by atoms with Gasteiger partial charge in [-0.15, -0.1) is 0 Å². The van der Waals surface area contributed by atoms with Crippen molar-refractivity contribution in [1.29, 1.82) is 0 Å². The van der Waals surface area contributed by atoms with Crippen LogP contribution in [0, 0.1) is 0 Å². The Morgan fingerprint density at radius 2 is 2.13 bits per heavy atom. The first-order valence-electron chi connectivity index (χ1n) is 5.43. The normalized spacial score (nSPS) is 14.9. The number of nitrogens with two attached hydrogens (primary N) is 1. The van der Waals surface area contributed by atoms with E-state index in [1.165, 1.54) is 0 Å². The van der Waals surface area contributed by atoms with Crippen LogP contribution in [0.25, 0.3) is 0 Å². The lowest BCUT2D eigenvalue weighted by atomic mass is 10.2. The van der Waals surface area contributed by atoms with Gasteiger partial charge in [-0.2, -0.15) is 0 Å². The van der Waals surface area contributed by atoms with Gasteiger partial charge >= 0.3 is 0 Å². The Morgan fingerprint density at radius 3 is 2.53 bits per heavy atom. The van der Waals surface area contributed by atoms with Crippen molar-refractivity contribution in [3.63, 3.8) is 0 Å². The lowest BCUT2D eigenvalue weighted by molar-refractivity contribution is 0.270. The van der Waals surface area contributed by atoms with Crippen LogP contribution in [0.2, 0.25) is 0 Å². The number of nitrogens with zero attached hydrogens (tertiary/aromatic N) is 2. The molecular formula is C10H24N4O. The molecule has 90 valence electrons. The molecule has 1 atom stereocenters. The zero-order valence-electron chi connectivity index (χ0n) is 10.2. The summed E-state index contributed by atoms with van der Waals surface area (Å²) < 4.78 is 0. The monoisotopic (exact) mass is 216 g/mol. The van der Waals surface area contributed by atoms with Gasteiger partial charge in [0.2, 0.25) is 0 Å². The molecule has 0 aromatic carbocycles. The maximum atomic E-state index is 8.55. The van der Waals surface area contributed by atoms with Crippen molar-refractivity contribution in [3.05, 3.63) is 0 Å². The van der Waals surface area contributed by atoms with Crippen LogP contribution in [0.3, 0.4) is 0 Å². The van der Waals surface area contributed by atoms with Crippen molar-refractivity contribution in [2.75, 3.05) is 20.1 Å². The number of rotatable bonds is 7. The quantitative estimate of drug-likeness (QED) is 0.250. The van der Waals surface area contributed by atoms with Gasteiger partial charge in [-0.1, -0.05) is 12.1 Å². The highest BCUT2D eigenvalue weighted by Gasteiger charge is 2.11. The van der Waals surface area contributed by atoms with Crippen LogP contribution in [0.15, 0.2) is 5.16 Å².